The highest BCUT2D eigenvalue weighted by atomic mass is 35.5. The summed E-state index contributed by atoms with van der Waals surface area (Å²) in [7, 11) is 0. The average Bonchev–Trinajstić information content (AvgIpc) is 2.98. The van der Waals surface area contributed by atoms with E-state index in [0.717, 1.165) is 44.6 Å². The lowest BCUT2D eigenvalue weighted by atomic mass is 10.1. The largest absolute Gasteiger partial charge is 0.342 e. The van der Waals surface area contributed by atoms with Gasteiger partial charge in [0.05, 0.1) is 6.54 Å². The molecule has 27 heavy (non-hydrogen) atoms. The zero-order valence-electron chi connectivity index (χ0n) is 15.9. The van der Waals surface area contributed by atoms with E-state index >= 15 is 0 Å². The Kier molecular flexibility index (Phi) is 8.54. The molecule has 2 fully saturated rings. The average molecular weight is 395 g/mol. The zero-order chi connectivity index (χ0) is 18.4. The Morgan fingerprint density at radius 3 is 1.96 bits per heavy atom. The van der Waals surface area contributed by atoms with E-state index in [9.17, 15) is 9.59 Å². The van der Waals surface area contributed by atoms with Crippen molar-refractivity contribution in [2.24, 2.45) is 5.73 Å². The van der Waals surface area contributed by atoms with E-state index in [1.807, 2.05) is 34.1 Å². The number of likely N-dealkylation sites (tertiary alicyclic amines) is 1. The molecule has 2 saturated heterocycles. The summed E-state index contributed by atoms with van der Waals surface area (Å²) in [5.74, 6) is 0.302. The molecule has 2 aliphatic rings. The van der Waals surface area contributed by atoms with Crippen molar-refractivity contribution in [1.29, 1.82) is 0 Å². The van der Waals surface area contributed by atoms with Crippen molar-refractivity contribution in [3.63, 3.8) is 0 Å². The second-order valence-electron chi connectivity index (χ2n) is 7.26. The molecule has 2 heterocycles. The van der Waals surface area contributed by atoms with E-state index in [1.54, 1.807) is 0 Å². The molecule has 0 saturated carbocycles. The number of carbonyl (C=O) groups is 2. The molecule has 150 valence electrons. The summed E-state index contributed by atoms with van der Waals surface area (Å²) in [6.07, 6.45) is 4.71. The normalized spacial score (nSPS) is 18.6. The van der Waals surface area contributed by atoms with Gasteiger partial charge in [0, 0.05) is 51.4 Å². The van der Waals surface area contributed by atoms with Crippen LogP contribution in [0.4, 0.5) is 0 Å². The third-order valence-corrected chi connectivity index (χ3v) is 5.41. The number of carbonyl (C=O) groups excluding carboxylic acids is 2. The van der Waals surface area contributed by atoms with E-state index in [-0.39, 0.29) is 24.2 Å². The molecule has 0 aliphatic carbocycles. The molecule has 2 amide bonds. The molecule has 0 bridgehead atoms. The van der Waals surface area contributed by atoms with Crippen molar-refractivity contribution in [2.45, 2.75) is 32.2 Å². The highest BCUT2D eigenvalue weighted by Gasteiger charge is 2.25. The predicted molar refractivity (Wildman–Crippen MR) is 109 cm³/mol. The highest BCUT2D eigenvalue weighted by Crippen LogP contribution is 2.13. The minimum atomic E-state index is 0. The number of piperazine rings is 1. The molecule has 0 atom stereocenters. The van der Waals surface area contributed by atoms with Crippen LogP contribution < -0.4 is 5.73 Å². The summed E-state index contributed by atoms with van der Waals surface area (Å²) in [6.45, 7) is 5.62. The van der Waals surface area contributed by atoms with Gasteiger partial charge in [0.2, 0.25) is 5.91 Å². The smallest absolute Gasteiger partial charge is 0.253 e. The van der Waals surface area contributed by atoms with Crippen molar-refractivity contribution in [1.82, 2.24) is 14.7 Å². The minimum Gasteiger partial charge on any atom is -0.342 e. The SMILES string of the molecule is Cl.NCc1ccc(C(=O)N2CCN(CC(=O)N3CCCCCC3)CC2)cc1. The van der Waals surface area contributed by atoms with Gasteiger partial charge in [-0.2, -0.15) is 0 Å². The third kappa shape index (κ3) is 5.92. The van der Waals surface area contributed by atoms with Crippen LogP contribution in [0.1, 0.15) is 41.6 Å². The fourth-order valence-corrected chi connectivity index (χ4v) is 3.69. The van der Waals surface area contributed by atoms with Crippen molar-refractivity contribution < 1.29 is 9.59 Å². The number of hydrogen-bond acceptors (Lipinski definition) is 4. The number of benzene rings is 1. The number of rotatable bonds is 4. The van der Waals surface area contributed by atoms with Gasteiger partial charge in [0.25, 0.3) is 5.91 Å². The Morgan fingerprint density at radius 1 is 0.815 bits per heavy atom. The van der Waals surface area contributed by atoms with Crippen LogP contribution in [0.3, 0.4) is 0 Å². The highest BCUT2D eigenvalue weighted by molar-refractivity contribution is 5.94. The standard InChI is InChI=1S/C20H30N4O2.ClH/c21-15-17-5-7-18(8-6-17)20(26)24-13-11-22(12-14-24)16-19(25)23-9-3-1-2-4-10-23;/h5-8H,1-4,9-16,21H2;1H. The van der Waals surface area contributed by atoms with E-state index in [0.29, 0.717) is 31.7 Å². The second kappa shape index (κ2) is 10.6. The van der Waals surface area contributed by atoms with Crippen LogP contribution in [0.5, 0.6) is 0 Å². The molecule has 1 aromatic rings. The molecule has 7 heteroatoms. The Hall–Kier alpha value is -1.63. The summed E-state index contributed by atoms with van der Waals surface area (Å²) in [6, 6.07) is 7.51. The number of halogens is 1. The monoisotopic (exact) mass is 394 g/mol. The van der Waals surface area contributed by atoms with Gasteiger partial charge in [0.1, 0.15) is 0 Å². The molecular weight excluding hydrogens is 364 g/mol. The van der Waals surface area contributed by atoms with Gasteiger partial charge in [-0.3, -0.25) is 14.5 Å². The van der Waals surface area contributed by atoms with E-state index < -0.39 is 0 Å². The van der Waals surface area contributed by atoms with Crippen LogP contribution >= 0.6 is 12.4 Å². The van der Waals surface area contributed by atoms with Crippen molar-refractivity contribution in [3.8, 4) is 0 Å². The molecule has 0 spiro atoms. The van der Waals surface area contributed by atoms with Crippen LogP contribution in [0.2, 0.25) is 0 Å². The number of hydrogen-bond donors (Lipinski definition) is 1. The Bertz CT molecular complexity index is 607. The van der Waals surface area contributed by atoms with Crippen molar-refractivity contribution in [2.75, 3.05) is 45.8 Å². The van der Waals surface area contributed by atoms with Crippen LogP contribution in [-0.2, 0) is 11.3 Å². The van der Waals surface area contributed by atoms with Crippen LogP contribution in [-0.4, -0.2) is 72.3 Å². The molecule has 0 radical (unpaired) electrons. The Labute approximate surface area is 168 Å². The minimum absolute atomic E-state index is 0. The van der Waals surface area contributed by atoms with Gasteiger partial charge in [-0.05, 0) is 30.5 Å². The molecule has 2 N–H and O–H groups in total. The van der Waals surface area contributed by atoms with Gasteiger partial charge < -0.3 is 15.5 Å². The molecule has 1 aromatic carbocycles. The summed E-state index contributed by atoms with van der Waals surface area (Å²) in [5, 5.41) is 0. The molecule has 6 nitrogen and oxygen atoms in total. The first kappa shape index (κ1) is 21.7. The number of amides is 2. The van der Waals surface area contributed by atoms with Gasteiger partial charge >= 0.3 is 0 Å². The predicted octanol–water partition coefficient (Wildman–Crippen LogP) is 1.73. The van der Waals surface area contributed by atoms with Gasteiger partial charge in [-0.1, -0.05) is 25.0 Å². The lowest BCUT2D eigenvalue weighted by Crippen LogP contribution is -2.51. The second-order valence-corrected chi connectivity index (χ2v) is 7.26. The Balaban J connectivity index is 0.00000261. The fourth-order valence-electron chi connectivity index (χ4n) is 3.69. The van der Waals surface area contributed by atoms with E-state index in [2.05, 4.69) is 4.90 Å². The maximum atomic E-state index is 12.6. The lowest BCUT2D eigenvalue weighted by Gasteiger charge is -2.35. The first-order valence-electron chi connectivity index (χ1n) is 9.76. The summed E-state index contributed by atoms with van der Waals surface area (Å²) in [4.78, 5) is 31.2. The summed E-state index contributed by atoms with van der Waals surface area (Å²) < 4.78 is 0. The first-order valence-corrected chi connectivity index (χ1v) is 9.76. The van der Waals surface area contributed by atoms with Gasteiger partial charge in [-0.15, -0.1) is 12.4 Å². The third-order valence-electron chi connectivity index (χ3n) is 5.41. The van der Waals surface area contributed by atoms with Crippen LogP contribution in [0.15, 0.2) is 24.3 Å². The molecule has 0 aromatic heterocycles. The van der Waals surface area contributed by atoms with E-state index in [4.69, 9.17) is 5.73 Å². The van der Waals surface area contributed by atoms with Crippen molar-refractivity contribution in [3.05, 3.63) is 35.4 Å². The zero-order valence-corrected chi connectivity index (χ0v) is 16.8. The molecule has 2 aliphatic heterocycles. The van der Waals surface area contributed by atoms with Crippen molar-refractivity contribution >= 4 is 24.2 Å². The maximum Gasteiger partial charge on any atom is 0.253 e. The van der Waals surface area contributed by atoms with Gasteiger partial charge in [0.15, 0.2) is 0 Å². The van der Waals surface area contributed by atoms with E-state index in [1.165, 1.54) is 12.8 Å². The molecule has 0 unspecified atom stereocenters. The topological polar surface area (TPSA) is 69.9 Å². The number of nitrogens with zero attached hydrogens (tertiary/aromatic N) is 3. The first-order chi connectivity index (χ1) is 12.7. The Morgan fingerprint density at radius 2 is 1.41 bits per heavy atom. The summed E-state index contributed by atoms with van der Waals surface area (Å²) >= 11 is 0. The van der Waals surface area contributed by atoms with Crippen LogP contribution in [0, 0.1) is 0 Å². The van der Waals surface area contributed by atoms with Gasteiger partial charge in [-0.25, -0.2) is 0 Å². The molecular formula is C20H31ClN4O2. The summed E-state index contributed by atoms with van der Waals surface area (Å²) in [5.41, 5.74) is 7.34. The number of nitrogens with two attached hydrogens (primary N) is 1. The maximum absolute atomic E-state index is 12.6. The lowest BCUT2D eigenvalue weighted by molar-refractivity contribution is -0.132. The molecule has 3 rings (SSSR count). The quantitative estimate of drug-likeness (QED) is 0.844. The fraction of sp³-hybridized carbons (Fsp3) is 0.600. The van der Waals surface area contributed by atoms with Crippen LogP contribution in [0.25, 0.3) is 0 Å².